The molecule has 0 aromatic heterocycles. The second-order valence-corrected chi connectivity index (χ2v) is 6.04. The van der Waals surface area contributed by atoms with Crippen molar-refractivity contribution in [3.8, 4) is 5.75 Å². The van der Waals surface area contributed by atoms with Crippen molar-refractivity contribution in [2.45, 2.75) is 44.9 Å². The molecule has 0 unspecified atom stereocenters. The van der Waals surface area contributed by atoms with E-state index in [9.17, 15) is 0 Å². The van der Waals surface area contributed by atoms with Crippen molar-refractivity contribution in [1.82, 2.24) is 4.90 Å². The molecule has 0 aliphatic carbocycles. The summed E-state index contributed by atoms with van der Waals surface area (Å²) in [7, 11) is 1.79. The van der Waals surface area contributed by atoms with E-state index >= 15 is 0 Å². The maximum Gasteiger partial charge on any atom is 0.122 e. The Balaban J connectivity index is 1.92. The molecule has 0 bridgehead atoms. The van der Waals surface area contributed by atoms with Crippen LogP contribution in [0, 0.1) is 0 Å². The highest BCUT2D eigenvalue weighted by molar-refractivity contribution is 5.40. The number of benzene rings is 1. The van der Waals surface area contributed by atoms with E-state index in [1.807, 2.05) is 0 Å². The number of piperidine rings is 1. The number of likely N-dealkylation sites (tertiary alicyclic amines) is 1. The Bertz CT molecular complexity index is 425. The molecular formula is C18H30N2O. The van der Waals surface area contributed by atoms with Crippen LogP contribution in [0.5, 0.6) is 5.75 Å². The number of methoxy groups -OCH3 is 1. The SMILES string of the molecule is CCc1ccc(C2CCN(CCCCN)CC2)c(OC)c1. The van der Waals surface area contributed by atoms with Crippen LogP contribution in [0.25, 0.3) is 0 Å². The van der Waals surface area contributed by atoms with E-state index in [4.69, 9.17) is 10.5 Å². The number of aryl methyl sites for hydroxylation is 1. The number of nitrogens with two attached hydrogens (primary N) is 1. The van der Waals surface area contributed by atoms with Crippen molar-refractivity contribution < 1.29 is 4.74 Å². The number of rotatable bonds is 7. The fourth-order valence-corrected chi connectivity index (χ4v) is 3.26. The fourth-order valence-electron chi connectivity index (χ4n) is 3.26. The van der Waals surface area contributed by atoms with Crippen molar-refractivity contribution in [2.75, 3.05) is 33.3 Å². The number of ether oxygens (including phenoxy) is 1. The predicted molar refractivity (Wildman–Crippen MR) is 89.1 cm³/mol. The van der Waals surface area contributed by atoms with Gasteiger partial charge in [0.2, 0.25) is 0 Å². The van der Waals surface area contributed by atoms with Gasteiger partial charge in [-0.15, -0.1) is 0 Å². The van der Waals surface area contributed by atoms with E-state index in [-0.39, 0.29) is 0 Å². The first-order valence-electron chi connectivity index (χ1n) is 8.37. The zero-order chi connectivity index (χ0) is 15.1. The van der Waals surface area contributed by atoms with Crippen LogP contribution in [-0.2, 0) is 6.42 Å². The summed E-state index contributed by atoms with van der Waals surface area (Å²) in [5.74, 6) is 1.73. The van der Waals surface area contributed by atoms with Gasteiger partial charge in [0.05, 0.1) is 7.11 Å². The lowest BCUT2D eigenvalue weighted by molar-refractivity contribution is 0.207. The van der Waals surface area contributed by atoms with Gasteiger partial charge in [-0.25, -0.2) is 0 Å². The van der Waals surface area contributed by atoms with Gasteiger partial charge in [-0.3, -0.25) is 0 Å². The van der Waals surface area contributed by atoms with E-state index in [1.54, 1.807) is 7.11 Å². The lowest BCUT2D eigenvalue weighted by atomic mass is 9.88. The number of hydrogen-bond acceptors (Lipinski definition) is 3. The van der Waals surface area contributed by atoms with Crippen LogP contribution in [0.1, 0.15) is 49.7 Å². The quantitative estimate of drug-likeness (QED) is 0.784. The predicted octanol–water partition coefficient (Wildman–Crippen LogP) is 3.18. The van der Waals surface area contributed by atoms with Gasteiger partial charge in [0.1, 0.15) is 5.75 Å². The maximum absolute atomic E-state index is 5.62. The van der Waals surface area contributed by atoms with Crippen molar-refractivity contribution >= 4 is 0 Å². The third kappa shape index (κ3) is 4.45. The van der Waals surface area contributed by atoms with Gasteiger partial charge >= 0.3 is 0 Å². The number of unbranched alkanes of at least 4 members (excludes halogenated alkanes) is 1. The third-order valence-electron chi connectivity index (χ3n) is 4.66. The molecule has 0 amide bonds. The topological polar surface area (TPSA) is 38.5 Å². The van der Waals surface area contributed by atoms with Crippen LogP contribution >= 0.6 is 0 Å². The van der Waals surface area contributed by atoms with Gasteiger partial charge in [0, 0.05) is 0 Å². The molecule has 0 spiro atoms. The summed E-state index contributed by atoms with van der Waals surface area (Å²) in [5.41, 5.74) is 8.32. The van der Waals surface area contributed by atoms with Crippen LogP contribution in [0.3, 0.4) is 0 Å². The molecule has 1 saturated heterocycles. The van der Waals surface area contributed by atoms with Gasteiger partial charge in [0.15, 0.2) is 0 Å². The highest BCUT2D eigenvalue weighted by Gasteiger charge is 2.22. The summed E-state index contributed by atoms with van der Waals surface area (Å²) in [5, 5.41) is 0. The van der Waals surface area contributed by atoms with Crippen molar-refractivity contribution in [3.63, 3.8) is 0 Å². The van der Waals surface area contributed by atoms with Gasteiger partial charge in [-0.05, 0) is 81.4 Å². The minimum Gasteiger partial charge on any atom is -0.496 e. The standard InChI is InChI=1S/C18H30N2O/c1-3-15-6-7-17(18(14-15)21-2)16-8-12-20(13-9-16)11-5-4-10-19/h6-7,14,16H,3-5,8-13,19H2,1-2H3. The van der Waals surface area contributed by atoms with Gasteiger partial charge in [-0.1, -0.05) is 19.1 Å². The highest BCUT2D eigenvalue weighted by atomic mass is 16.5. The fraction of sp³-hybridized carbons (Fsp3) is 0.667. The second kappa shape index (κ2) is 8.40. The Hall–Kier alpha value is -1.06. The molecule has 1 heterocycles. The first kappa shape index (κ1) is 16.3. The molecule has 1 aliphatic rings. The minimum atomic E-state index is 0.650. The lowest BCUT2D eigenvalue weighted by Crippen LogP contribution is -2.34. The first-order valence-corrected chi connectivity index (χ1v) is 8.37. The first-order chi connectivity index (χ1) is 10.3. The summed E-state index contributed by atoms with van der Waals surface area (Å²) >= 11 is 0. The van der Waals surface area contributed by atoms with Gasteiger partial charge < -0.3 is 15.4 Å². The molecule has 0 atom stereocenters. The summed E-state index contributed by atoms with van der Waals surface area (Å²) in [6.07, 6.45) is 5.92. The minimum absolute atomic E-state index is 0.650. The summed E-state index contributed by atoms with van der Waals surface area (Å²) in [6, 6.07) is 6.75. The van der Waals surface area contributed by atoms with Crippen LogP contribution < -0.4 is 10.5 Å². The molecule has 118 valence electrons. The molecule has 0 radical (unpaired) electrons. The molecule has 3 heteroatoms. The average molecular weight is 290 g/mol. The van der Waals surface area contributed by atoms with E-state index in [0.717, 1.165) is 25.1 Å². The number of nitrogens with zero attached hydrogens (tertiary/aromatic N) is 1. The zero-order valence-electron chi connectivity index (χ0n) is 13.6. The third-order valence-corrected chi connectivity index (χ3v) is 4.66. The van der Waals surface area contributed by atoms with Gasteiger partial charge in [0.25, 0.3) is 0 Å². The lowest BCUT2D eigenvalue weighted by Gasteiger charge is -2.32. The molecule has 1 aromatic rings. The van der Waals surface area contributed by atoms with Crippen LogP contribution in [0.15, 0.2) is 18.2 Å². The van der Waals surface area contributed by atoms with Crippen molar-refractivity contribution in [3.05, 3.63) is 29.3 Å². The average Bonchev–Trinajstić information content (AvgIpc) is 2.55. The molecular weight excluding hydrogens is 260 g/mol. The second-order valence-electron chi connectivity index (χ2n) is 6.04. The molecule has 1 fully saturated rings. The van der Waals surface area contributed by atoms with Gasteiger partial charge in [-0.2, -0.15) is 0 Å². The van der Waals surface area contributed by atoms with E-state index in [1.165, 1.54) is 50.0 Å². The van der Waals surface area contributed by atoms with Crippen molar-refractivity contribution in [1.29, 1.82) is 0 Å². The maximum atomic E-state index is 5.62. The normalized spacial score (nSPS) is 17.1. The van der Waals surface area contributed by atoms with Crippen LogP contribution in [0.2, 0.25) is 0 Å². The number of hydrogen-bond donors (Lipinski definition) is 1. The molecule has 2 rings (SSSR count). The van der Waals surface area contributed by atoms with Crippen LogP contribution in [0.4, 0.5) is 0 Å². The van der Waals surface area contributed by atoms with Crippen LogP contribution in [-0.4, -0.2) is 38.2 Å². The smallest absolute Gasteiger partial charge is 0.122 e. The monoisotopic (exact) mass is 290 g/mol. The molecule has 1 aromatic carbocycles. The Kier molecular flexibility index (Phi) is 6.52. The Labute approximate surface area is 129 Å². The highest BCUT2D eigenvalue weighted by Crippen LogP contribution is 2.34. The Morgan fingerprint density at radius 3 is 2.62 bits per heavy atom. The summed E-state index contributed by atoms with van der Waals surface area (Å²) in [4.78, 5) is 2.58. The van der Waals surface area contributed by atoms with E-state index < -0.39 is 0 Å². The Morgan fingerprint density at radius 1 is 1.24 bits per heavy atom. The Morgan fingerprint density at radius 2 is 2.00 bits per heavy atom. The summed E-state index contributed by atoms with van der Waals surface area (Å²) < 4.78 is 5.62. The molecule has 2 N–H and O–H groups in total. The van der Waals surface area contributed by atoms with E-state index in [2.05, 4.69) is 30.0 Å². The molecule has 3 nitrogen and oxygen atoms in total. The zero-order valence-corrected chi connectivity index (χ0v) is 13.6. The van der Waals surface area contributed by atoms with E-state index in [0.29, 0.717) is 5.92 Å². The molecule has 0 saturated carbocycles. The summed E-state index contributed by atoms with van der Waals surface area (Å²) in [6.45, 7) is 6.61. The molecule has 1 aliphatic heterocycles. The molecule has 21 heavy (non-hydrogen) atoms. The largest absolute Gasteiger partial charge is 0.496 e. The van der Waals surface area contributed by atoms with Crippen molar-refractivity contribution in [2.24, 2.45) is 5.73 Å².